The van der Waals surface area contributed by atoms with Crippen LogP contribution in [0.1, 0.15) is 41.5 Å². The molecule has 0 aliphatic carbocycles. The molecule has 4 aromatic heterocycles. The first-order valence-corrected chi connectivity index (χ1v) is 20.9. The summed E-state index contributed by atoms with van der Waals surface area (Å²) in [4.78, 5) is 19.6. The Balaban J connectivity index is 0.000000177. The summed E-state index contributed by atoms with van der Waals surface area (Å²) < 4.78 is 26.1. The number of nitrogens with one attached hydrogen (secondary N) is 2. The van der Waals surface area contributed by atoms with Gasteiger partial charge in [0.1, 0.15) is 11.0 Å². The molecular formula is C40H50ClN11O4S2. The van der Waals surface area contributed by atoms with E-state index in [2.05, 4.69) is 71.3 Å². The van der Waals surface area contributed by atoms with Crippen molar-refractivity contribution in [3.63, 3.8) is 0 Å². The molecule has 0 saturated heterocycles. The van der Waals surface area contributed by atoms with Gasteiger partial charge in [-0.1, -0.05) is 53.1 Å². The van der Waals surface area contributed by atoms with Crippen molar-refractivity contribution in [2.45, 2.75) is 74.7 Å². The van der Waals surface area contributed by atoms with Gasteiger partial charge in [-0.3, -0.25) is 0 Å². The van der Waals surface area contributed by atoms with Gasteiger partial charge in [-0.25, -0.2) is 19.9 Å². The molecule has 6 heterocycles. The molecule has 2 aromatic carbocycles. The van der Waals surface area contributed by atoms with E-state index in [-0.39, 0.29) is 24.4 Å². The van der Waals surface area contributed by atoms with E-state index in [9.17, 15) is 0 Å². The average molecular weight is 848 g/mol. The molecule has 0 atom stereocenters. The predicted octanol–water partition coefficient (Wildman–Crippen LogP) is 7.29. The van der Waals surface area contributed by atoms with Crippen LogP contribution in [-0.4, -0.2) is 68.8 Å². The number of anilines is 3. The van der Waals surface area contributed by atoms with Crippen molar-refractivity contribution in [2.75, 3.05) is 57.0 Å². The normalized spacial score (nSPS) is 13.4. The number of hydrogen-bond donors (Lipinski definition) is 5. The van der Waals surface area contributed by atoms with Gasteiger partial charge in [0.25, 0.3) is 0 Å². The number of benzene rings is 2. The Bertz CT molecular complexity index is 2260. The Kier molecular flexibility index (Phi) is 12.3. The molecule has 0 unspecified atom stereocenters. The van der Waals surface area contributed by atoms with Crippen molar-refractivity contribution in [3.05, 3.63) is 53.8 Å². The number of rotatable bonds is 12. The van der Waals surface area contributed by atoms with Gasteiger partial charge in [0.2, 0.25) is 13.6 Å². The summed E-state index contributed by atoms with van der Waals surface area (Å²) in [5, 5.41) is 9.23. The van der Waals surface area contributed by atoms with Crippen LogP contribution >= 0.6 is 35.1 Å². The van der Waals surface area contributed by atoms with Crippen LogP contribution in [0.25, 0.3) is 22.1 Å². The average Bonchev–Trinajstić information content (AvgIpc) is 3.95. The summed E-state index contributed by atoms with van der Waals surface area (Å²) in [7, 11) is 0. The number of aromatic nitrogens is 6. The highest BCUT2D eigenvalue weighted by atomic mass is 35.5. The van der Waals surface area contributed by atoms with E-state index in [0.29, 0.717) is 56.4 Å². The number of nitrogens with two attached hydrogens (primary N) is 3. The summed E-state index contributed by atoms with van der Waals surface area (Å²) in [5.74, 6) is 3.55. The molecule has 8 N–H and O–H groups in total. The Morgan fingerprint density at radius 1 is 0.655 bits per heavy atom. The molecule has 2 aliphatic rings. The highest BCUT2D eigenvalue weighted by Crippen LogP contribution is 2.44. The van der Waals surface area contributed by atoms with Crippen LogP contribution < -0.4 is 46.8 Å². The third-order valence-electron chi connectivity index (χ3n) is 8.99. The predicted molar refractivity (Wildman–Crippen MR) is 231 cm³/mol. The van der Waals surface area contributed by atoms with Gasteiger partial charge in [-0.05, 0) is 52.6 Å². The minimum absolute atomic E-state index is 0.208. The van der Waals surface area contributed by atoms with Crippen molar-refractivity contribution in [1.29, 1.82) is 0 Å². The molecule has 8 rings (SSSR count). The molecule has 0 spiro atoms. The molecule has 15 nitrogen and oxygen atoms in total. The van der Waals surface area contributed by atoms with Crippen molar-refractivity contribution in [1.82, 2.24) is 39.7 Å². The zero-order valence-corrected chi connectivity index (χ0v) is 35.9. The second-order valence-corrected chi connectivity index (χ2v) is 18.7. The van der Waals surface area contributed by atoms with Crippen LogP contribution in [0.5, 0.6) is 23.0 Å². The van der Waals surface area contributed by atoms with E-state index in [0.717, 1.165) is 70.4 Å². The van der Waals surface area contributed by atoms with E-state index in [4.69, 9.17) is 57.7 Å². The van der Waals surface area contributed by atoms with E-state index >= 15 is 0 Å². The summed E-state index contributed by atoms with van der Waals surface area (Å²) in [6, 6.07) is 11.2. The highest BCUT2D eigenvalue weighted by Gasteiger charge is 2.22. The number of fused-ring (bicyclic) bond motifs is 4. The number of ether oxygens (including phenoxy) is 4. The first-order chi connectivity index (χ1) is 27.6. The Hall–Kier alpha value is -4.81. The first kappa shape index (κ1) is 41.4. The Labute approximate surface area is 351 Å². The van der Waals surface area contributed by atoms with Crippen LogP contribution in [0.2, 0.25) is 5.02 Å². The highest BCUT2D eigenvalue weighted by molar-refractivity contribution is 7.99. The number of nitrogens with zero attached hydrogens (tertiary/aromatic N) is 6. The van der Waals surface area contributed by atoms with Crippen molar-refractivity contribution in [3.8, 4) is 23.0 Å². The lowest BCUT2D eigenvalue weighted by molar-refractivity contribution is 0.173. The fourth-order valence-corrected chi connectivity index (χ4v) is 8.40. The van der Waals surface area contributed by atoms with Crippen molar-refractivity contribution < 1.29 is 18.9 Å². The molecule has 0 amide bonds. The van der Waals surface area contributed by atoms with E-state index in [1.807, 2.05) is 24.3 Å². The van der Waals surface area contributed by atoms with Gasteiger partial charge < -0.3 is 55.9 Å². The van der Waals surface area contributed by atoms with Crippen LogP contribution in [-0.2, 0) is 13.1 Å². The van der Waals surface area contributed by atoms with Crippen molar-refractivity contribution >= 4 is 74.5 Å². The van der Waals surface area contributed by atoms with E-state index in [1.165, 1.54) is 23.5 Å². The van der Waals surface area contributed by atoms with Gasteiger partial charge in [-0.2, -0.15) is 0 Å². The quantitative estimate of drug-likeness (QED) is 0.0607. The standard InChI is InChI=1S/C20H24ClN5O2S.C20H26N6O2S/c2*1-20(2,3)10-23-6-7-26-13-4-5-24-18(22)17(13)25-19(26)29-16-9-15-14(8-12(16)21)27-11-28-15/h4-5,8-9,23H,6-7,10-11H2,1-3H3,(H2,22,24);4-5,8-9,23H,6-7,10-11,21H2,1-3H3,(H2,22,24). The maximum Gasteiger partial charge on any atom is 0.231 e. The molecule has 58 heavy (non-hydrogen) atoms. The van der Waals surface area contributed by atoms with Gasteiger partial charge in [-0.15, -0.1) is 0 Å². The summed E-state index contributed by atoms with van der Waals surface area (Å²) >= 11 is 9.44. The van der Waals surface area contributed by atoms with Crippen molar-refractivity contribution in [2.24, 2.45) is 10.8 Å². The van der Waals surface area contributed by atoms with Gasteiger partial charge in [0.15, 0.2) is 44.9 Å². The van der Waals surface area contributed by atoms with Crippen LogP contribution in [0.3, 0.4) is 0 Å². The van der Waals surface area contributed by atoms with Crippen LogP contribution in [0.4, 0.5) is 17.3 Å². The minimum atomic E-state index is 0.208. The number of hydrogen-bond acceptors (Lipinski definition) is 15. The number of pyridine rings is 2. The largest absolute Gasteiger partial charge is 0.454 e. The molecule has 6 aromatic rings. The summed E-state index contributed by atoms with van der Waals surface area (Å²) in [5.41, 5.74) is 22.8. The zero-order valence-electron chi connectivity index (χ0n) is 33.5. The Morgan fingerprint density at radius 3 is 1.57 bits per heavy atom. The molecule has 0 radical (unpaired) electrons. The zero-order chi connectivity index (χ0) is 41.2. The fourth-order valence-electron chi connectivity index (χ4n) is 6.20. The fraction of sp³-hybridized carbons (Fsp3) is 0.400. The molecule has 18 heteroatoms. The lowest BCUT2D eigenvalue weighted by Crippen LogP contribution is -2.29. The lowest BCUT2D eigenvalue weighted by Gasteiger charge is -2.19. The van der Waals surface area contributed by atoms with E-state index < -0.39 is 0 Å². The number of halogens is 1. The number of imidazole rings is 2. The molecule has 0 fully saturated rings. The lowest BCUT2D eigenvalue weighted by atomic mass is 9.97. The summed E-state index contributed by atoms with van der Waals surface area (Å²) in [6.45, 7) is 18.7. The van der Waals surface area contributed by atoms with Gasteiger partial charge in [0.05, 0.1) is 16.1 Å². The van der Waals surface area contributed by atoms with Crippen LogP contribution in [0.15, 0.2) is 68.9 Å². The molecule has 0 saturated carbocycles. The second-order valence-electron chi connectivity index (χ2n) is 16.3. The molecule has 308 valence electrons. The van der Waals surface area contributed by atoms with Crippen LogP contribution in [0, 0.1) is 10.8 Å². The SMILES string of the molecule is CC(C)(C)CNCCn1c(Sc2cc3c(cc2Cl)OCO3)nc2c(N)nccc21.CC(C)(C)CNCCn1c(Sc2cc3c(cc2N)OCO3)nc2c(N)nccc21. The molecular weight excluding hydrogens is 798 g/mol. The third-order valence-corrected chi connectivity index (χ3v) is 11.5. The first-order valence-electron chi connectivity index (χ1n) is 18.9. The third kappa shape index (κ3) is 9.72. The summed E-state index contributed by atoms with van der Waals surface area (Å²) in [6.07, 6.45) is 3.42. The monoisotopic (exact) mass is 847 g/mol. The molecule has 2 aliphatic heterocycles. The Morgan fingerprint density at radius 2 is 1.09 bits per heavy atom. The topological polar surface area (TPSA) is 200 Å². The van der Waals surface area contributed by atoms with Gasteiger partial charge >= 0.3 is 0 Å². The van der Waals surface area contributed by atoms with E-state index in [1.54, 1.807) is 24.5 Å². The minimum Gasteiger partial charge on any atom is -0.454 e. The molecule has 0 bridgehead atoms. The second kappa shape index (κ2) is 17.2. The maximum absolute atomic E-state index is 6.47. The smallest absolute Gasteiger partial charge is 0.231 e. The van der Waals surface area contributed by atoms with Gasteiger partial charge in [0, 0.05) is 85.3 Å². The maximum atomic E-state index is 6.47. The number of nitrogen functional groups attached to an aromatic ring is 3.